The highest BCUT2D eigenvalue weighted by atomic mass is 32.2. The highest BCUT2D eigenvalue weighted by Gasteiger charge is 2.49. The van der Waals surface area contributed by atoms with E-state index >= 15 is 0 Å². The molecule has 2 aliphatic rings. The molecule has 0 bridgehead atoms. The lowest BCUT2D eigenvalue weighted by Crippen LogP contribution is -2.22. The molecule has 0 spiro atoms. The molecule has 2 aliphatic heterocycles. The maximum Gasteiger partial charge on any atom is 0.303 e. The van der Waals surface area contributed by atoms with Gasteiger partial charge in [0, 0.05) is 13.0 Å². The average molecular weight is 219 g/mol. The third-order valence-corrected chi connectivity index (χ3v) is 5.48. The quantitative estimate of drug-likeness (QED) is 0.628. The smallest absolute Gasteiger partial charge is 0.303 e. The number of carboxylic acids is 1. The Morgan fingerprint density at radius 1 is 1.43 bits per heavy atom. The first kappa shape index (κ1) is 9.92. The van der Waals surface area contributed by atoms with Crippen LogP contribution in [-0.2, 0) is 14.6 Å². The van der Waals surface area contributed by atoms with Gasteiger partial charge in [-0.05, 0) is 18.4 Å². The van der Waals surface area contributed by atoms with Crippen LogP contribution in [0, 0.1) is 11.8 Å². The number of carbonyl (C=O) groups is 1. The van der Waals surface area contributed by atoms with Crippen molar-refractivity contribution in [3.63, 3.8) is 0 Å². The first-order chi connectivity index (χ1) is 6.50. The van der Waals surface area contributed by atoms with Crippen LogP contribution in [0.25, 0.3) is 0 Å². The van der Waals surface area contributed by atoms with E-state index in [2.05, 4.69) is 5.32 Å². The Bertz CT molecular complexity index is 350. The summed E-state index contributed by atoms with van der Waals surface area (Å²) in [5.41, 5.74) is 0. The molecule has 0 saturated carbocycles. The largest absolute Gasteiger partial charge is 0.481 e. The molecule has 5 nitrogen and oxygen atoms in total. The summed E-state index contributed by atoms with van der Waals surface area (Å²) < 4.78 is 23.2. The minimum atomic E-state index is -3.04. The van der Waals surface area contributed by atoms with Gasteiger partial charge >= 0.3 is 5.97 Å². The summed E-state index contributed by atoms with van der Waals surface area (Å²) in [5, 5.41) is 11.3. The molecule has 6 heteroatoms. The van der Waals surface area contributed by atoms with E-state index in [-0.39, 0.29) is 29.3 Å². The first-order valence-electron chi connectivity index (χ1n) is 4.65. The van der Waals surface area contributed by atoms with Gasteiger partial charge in [0.25, 0.3) is 0 Å². The Labute approximate surface area is 82.4 Å². The van der Waals surface area contributed by atoms with Gasteiger partial charge in [-0.15, -0.1) is 0 Å². The van der Waals surface area contributed by atoms with E-state index in [0.29, 0.717) is 13.1 Å². The van der Waals surface area contributed by atoms with Crippen LogP contribution in [0.15, 0.2) is 0 Å². The predicted octanol–water partition coefficient (Wildman–Crippen LogP) is -0.906. The van der Waals surface area contributed by atoms with Crippen molar-refractivity contribution in [3.05, 3.63) is 0 Å². The second-order valence-corrected chi connectivity index (χ2v) is 6.31. The molecule has 2 rings (SSSR count). The number of hydrogen-bond acceptors (Lipinski definition) is 4. The van der Waals surface area contributed by atoms with Gasteiger partial charge in [-0.3, -0.25) is 4.79 Å². The number of rotatable bonds is 2. The molecule has 80 valence electrons. The van der Waals surface area contributed by atoms with Crippen molar-refractivity contribution < 1.29 is 18.3 Å². The molecule has 2 fully saturated rings. The molecule has 0 aromatic rings. The van der Waals surface area contributed by atoms with Gasteiger partial charge in [-0.1, -0.05) is 0 Å². The molecule has 3 unspecified atom stereocenters. The van der Waals surface area contributed by atoms with E-state index in [1.54, 1.807) is 0 Å². The lowest BCUT2D eigenvalue weighted by atomic mass is 9.91. The van der Waals surface area contributed by atoms with E-state index in [1.165, 1.54) is 0 Å². The molecule has 3 atom stereocenters. The highest BCUT2D eigenvalue weighted by Crippen LogP contribution is 2.36. The minimum Gasteiger partial charge on any atom is -0.481 e. The van der Waals surface area contributed by atoms with Crippen LogP contribution < -0.4 is 5.32 Å². The van der Waals surface area contributed by atoms with E-state index in [9.17, 15) is 13.2 Å². The molecular formula is C8H13NO4S. The Hall–Kier alpha value is -0.620. The van der Waals surface area contributed by atoms with E-state index in [1.807, 2.05) is 0 Å². The highest BCUT2D eigenvalue weighted by molar-refractivity contribution is 7.92. The van der Waals surface area contributed by atoms with Gasteiger partial charge in [0.1, 0.15) is 0 Å². The van der Waals surface area contributed by atoms with Crippen molar-refractivity contribution in [1.29, 1.82) is 0 Å². The molecule has 0 radical (unpaired) electrons. The number of hydrogen-bond donors (Lipinski definition) is 2. The fourth-order valence-electron chi connectivity index (χ4n) is 2.52. The minimum absolute atomic E-state index is 0.0103. The fourth-order valence-corrected chi connectivity index (χ4v) is 4.95. The number of sulfone groups is 1. The van der Waals surface area contributed by atoms with Crippen molar-refractivity contribution >= 4 is 15.8 Å². The predicted molar refractivity (Wildman–Crippen MR) is 49.7 cm³/mol. The number of fused-ring (bicyclic) bond motifs is 1. The first-order valence-corrected chi connectivity index (χ1v) is 6.36. The average Bonchev–Trinajstić information content (AvgIpc) is 2.55. The number of aliphatic carboxylic acids is 1. The maximum atomic E-state index is 11.6. The van der Waals surface area contributed by atoms with Crippen molar-refractivity contribution in [2.24, 2.45) is 11.8 Å². The van der Waals surface area contributed by atoms with E-state index in [4.69, 9.17) is 5.11 Å². The Morgan fingerprint density at radius 3 is 2.79 bits per heavy atom. The number of carboxylic acid groups (broad SMARTS) is 1. The molecule has 2 saturated heterocycles. The lowest BCUT2D eigenvalue weighted by Gasteiger charge is -2.12. The lowest BCUT2D eigenvalue weighted by molar-refractivity contribution is -0.138. The summed E-state index contributed by atoms with van der Waals surface area (Å²) in [5.74, 6) is -1.04. The van der Waals surface area contributed by atoms with E-state index < -0.39 is 15.8 Å². The summed E-state index contributed by atoms with van der Waals surface area (Å²) in [6.45, 7) is 1.13. The number of nitrogens with one attached hydrogen (secondary N) is 1. The van der Waals surface area contributed by atoms with Gasteiger partial charge in [0.05, 0.1) is 11.0 Å². The normalized spacial score (nSPS) is 39.6. The topological polar surface area (TPSA) is 83.5 Å². The summed E-state index contributed by atoms with van der Waals surface area (Å²) in [4.78, 5) is 10.5. The van der Waals surface area contributed by atoms with Crippen molar-refractivity contribution in [2.75, 3.05) is 18.8 Å². The third kappa shape index (κ3) is 1.52. The van der Waals surface area contributed by atoms with Crippen LogP contribution in [0.3, 0.4) is 0 Å². The van der Waals surface area contributed by atoms with Crippen LogP contribution in [0.5, 0.6) is 0 Å². The van der Waals surface area contributed by atoms with Crippen LogP contribution in [0.1, 0.15) is 6.42 Å². The molecule has 0 aliphatic carbocycles. The SMILES string of the molecule is O=C(O)CC1CS(=O)(=O)C2CNCC12. The Kier molecular flexibility index (Phi) is 2.27. The Balaban J connectivity index is 2.19. The van der Waals surface area contributed by atoms with Gasteiger partial charge in [-0.25, -0.2) is 8.42 Å². The van der Waals surface area contributed by atoms with Crippen LogP contribution >= 0.6 is 0 Å². The Morgan fingerprint density at radius 2 is 2.14 bits per heavy atom. The standard InChI is InChI=1S/C8H13NO4S/c10-8(11)1-5-4-14(12,13)7-3-9-2-6(5)7/h5-7,9H,1-4H2,(H,10,11). The molecule has 0 amide bonds. The van der Waals surface area contributed by atoms with Crippen LogP contribution in [-0.4, -0.2) is 43.6 Å². The zero-order valence-corrected chi connectivity index (χ0v) is 8.46. The summed E-state index contributed by atoms with van der Waals surface area (Å²) in [6.07, 6.45) is -0.0257. The van der Waals surface area contributed by atoms with E-state index in [0.717, 1.165) is 0 Å². The molecular weight excluding hydrogens is 206 g/mol. The second-order valence-electron chi connectivity index (χ2n) is 4.05. The van der Waals surface area contributed by atoms with Gasteiger partial charge < -0.3 is 10.4 Å². The molecule has 14 heavy (non-hydrogen) atoms. The molecule has 2 heterocycles. The molecule has 0 aromatic heterocycles. The fraction of sp³-hybridized carbons (Fsp3) is 0.875. The summed E-state index contributed by atoms with van der Waals surface area (Å²) in [6, 6.07) is 0. The second kappa shape index (κ2) is 3.20. The van der Waals surface area contributed by atoms with Gasteiger partial charge in [-0.2, -0.15) is 0 Å². The zero-order valence-electron chi connectivity index (χ0n) is 7.64. The molecule has 2 N–H and O–H groups in total. The van der Waals surface area contributed by atoms with Gasteiger partial charge in [0.2, 0.25) is 0 Å². The van der Waals surface area contributed by atoms with Crippen molar-refractivity contribution in [1.82, 2.24) is 5.32 Å². The summed E-state index contributed by atoms with van der Waals surface area (Å²) in [7, 11) is -3.04. The summed E-state index contributed by atoms with van der Waals surface area (Å²) >= 11 is 0. The van der Waals surface area contributed by atoms with Crippen molar-refractivity contribution in [3.8, 4) is 0 Å². The van der Waals surface area contributed by atoms with Gasteiger partial charge in [0.15, 0.2) is 9.84 Å². The zero-order chi connectivity index (χ0) is 10.3. The monoisotopic (exact) mass is 219 g/mol. The van der Waals surface area contributed by atoms with Crippen molar-refractivity contribution in [2.45, 2.75) is 11.7 Å². The maximum absolute atomic E-state index is 11.6. The molecule has 0 aromatic carbocycles. The third-order valence-electron chi connectivity index (χ3n) is 3.15. The van der Waals surface area contributed by atoms with Crippen LogP contribution in [0.2, 0.25) is 0 Å². The van der Waals surface area contributed by atoms with Crippen LogP contribution in [0.4, 0.5) is 0 Å².